The highest BCUT2D eigenvalue weighted by Gasteiger charge is 2.54. The normalized spacial score (nSPS) is 15.0. The Balaban J connectivity index is 3.52. The molecule has 0 aliphatic heterocycles. The molecule has 0 spiro atoms. The van der Waals surface area contributed by atoms with E-state index in [4.69, 9.17) is 16.9 Å². The summed E-state index contributed by atoms with van der Waals surface area (Å²) in [6.07, 6.45) is -5.33. The van der Waals surface area contributed by atoms with Gasteiger partial charge in [0.1, 0.15) is 6.07 Å². The number of benzene rings is 1. The molecular formula is C12H11ClF3NO. The van der Waals surface area contributed by atoms with Crippen LogP contribution in [0.25, 0.3) is 0 Å². The van der Waals surface area contributed by atoms with Crippen LogP contribution in [0, 0.1) is 18.3 Å². The van der Waals surface area contributed by atoms with Gasteiger partial charge in [0, 0.05) is 0 Å². The van der Waals surface area contributed by atoms with Gasteiger partial charge in [0.2, 0.25) is 0 Å². The van der Waals surface area contributed by atoms with E-state index >= 15 is 0 Å². The van der Waals surface area contributed by atoms with Crippen LogP contribution in [0.15, 0.2) is 12.1 Å². The lowest BCUT2D eigenvalue weighted by molar-refractivity contribution is -0.268. The maximum absolute atomic E-state index is 12.9. The highest BCUT2D eigenvalue weighted by molar-refractivity contribution is 6.32. The number of aliphatic hydroxyl groups is 1. The molecule has 1 aromatic rings. The van der Waals surface area contributed by atoms with E-state index in [9.17, 15) is 18.3 Å². The fraction of sp³-hybridized carbons (Fsp3) is 0.417. The van der Waals surface area contributed by atoms with Crippen molar-refractivity contribution in [1.82, 2.24) is 0 Å². The zero-order valence-corrected chi connectivity index (χ0v) is 10.5. The number of nitrogens with zero attached hydrogens (tertiary/aromatic N) is 1. The van der Waals surface area contributed by atoms with Crippen LogP contribution in [0.3, 0.4) is 0 Å². The van der Waals surface area contributed by atoms with Crippen LogP contribution in [0.1, 0.15) is 30.0 Å². The molecule has 18 heavy (non-hydrogen) atoms. The van der Waals surface area contributed by atoms with E-state index in [-0.39, 0.29) is 21.7 Å². The van der Waals surface area contributed by atoms with Crippen LogP contribution in [0.4, 0.5) is 13.2 Å². The topological polar surface area (TPSA) is 44.0 Å². The molecule has 1 rings (SSSR count). The summed E-state index contributed by atoms with van der Waals surface area (Å²) in [5.41, 5.74) is -3.12. The molecule has 2 nitrogen and oxygen atoms in total. The van der Waals surface area contributed by atoms with E-state index in [1.165, 1.54) is 19.9 Å². The maximum Gasteiger partial charge on any atom is 0.421 e. The molecule has 0 aliphatic carbocycles. The second kappa shape index (κ2) is 4.79. The van der Waals surface area contributed by atoms with Crippen molar-refractivity contribution < 1.29 is 18.3 Å². The number of alkyl halides is 3. The molecule has 0 heterocycles. The van der Waals surface area contributed by atoms with Gasteiger partial charge >= 0.3 is 6.18 Å². The summed E-state index contributed by atoms with van der Waals surface area (Å²) in [6, 6.07) is 4.05. The molecule has 0 radical (unpaired) electrons. The molecule has 0 aliphatic rings. The predicted octanol–water partition coefficient (Wildman–Crippen LogP) is 3.68. The van der Waals surface area contributed by atoms with Crippen LogP contribution in [-0.4, -0.2) is 11.3 Å². The van der Waals surface area contributed by atoms with Crippen molar-refractivity contribution in [3.05, 3.63) is 33.8 Å². The Morgan fingerprint density at radius 3 is 2.33 bits per heavy atom. The number of hydrogen-bond acceptors (Lipinski definition) is 2. The van der Waals surface area contributed by atoms with Gasteiger partial charge in [0.05, 0.1) is 10.6 Å². The molecule has 0 bridgehead atoms. The average molecular weight is 278 g/mol. The fourth-order valence-corrected chi connectivity index (χ4v) is 1.97. The minimum absolute atomic E-state index is 0.0638. The van der Waals surface area contributed by atoms with Gasteiger partial charge in [0.15, 0.2) is 5.60 Å². The van der Waals surface area contributed by atoms with Gasteiger partial charge in [-0.2, -0.15) is 18.4 Å². The van der Waals surface area contributed by atoms with E-state index in [1.54, 1.807) is 6.07 Å². The van der Waals surface area contributed by atoms with E-state index in [0.717, 1.165) is 6.07 Å². The number of nitriles is 1. The van der Waals surface area contributed by atoms with Gasteiger partial charge in [0.25, 0.3) is 0 Å². The van der Waals surface area contributed by atoms with Crippen molar-refractivity contribution in [3.8, 4) is 6.07 Å². The summed E-state index contributed by atoms with van der Waals surface area (Å²) in [5, 5.41) is 18.5. The molecule has 1 unspecified atom stereocenters. The number of halogens is 4. The highest BCUT2D eigenvalue weighted by Crippen LogP contribution is 2.44. The van der Waals surface area contributed by atoms with Gasteiger partial charge in [-0.25, -0.2) is 0 Å². The Morgan fingerprint density at radius 1 is 1.39 bits per heavy atom. The lowest BCUT2D eigenvalue weighted by atomic mass is 9.86. The molecule has 0 fully saturated rings. The van der Waals surface area contributed by atoms with Gasteiger partial charge in [-0.3, -0.25) is 0 Å². The third-order valence-corrected chi connectivity index (χ3v) is 3.42. The molecule has 0 saturated heterocycles. The molecule has 1 atom stereocenters. The summed E-state index contributed by atoms with van der Waals surface area (Å²) < 4.78 is 38.8. The molecule has 1 aromatic carbocycles. The Bertz CT molecular complexity index is 507. The van der Waals surface area contributed by atoms with Crippen molar-refractivity contribution in [1.29, 1.82) is 5.26 Å². The first-order chi connectivity index (χ1) is 8.19. The highest BCUT2D eigenvalue weighted by atomic mass is 35.5. The lowest BCUT2D eigenvalue weighted by Crippen LogP contribution is -2.42. The van der Waals surface area contributed by atoms with E-state index in [0.29, 0.717) is 0 Å². The van der Waals surface area contributed by atoms with Crippen LogP contribution < -0.4 is 0 Å². The fourth-order valence-electron chi connectivity index (χ4n) is 1.76. The predicted molar refractivity (Wildman–Crippen MR) is 61.1 cm³/mol. The van der Waals surface area contributed by atoms with Crippen molar-refractivity contribution in [3.63, 3.8) is 0 Å². The molecule has 0 aromatic heterocycles. The van der Waals surface area contributed by atoms with Gasteiger partial charge < -0.3 is 5.11 Å². The van der Waals surface area contributed by atoms with Crippen molar-refractivity contribution in [2.45, 2.75) is 32.0 Å². The summed E-state index contributed by atoms with van der Waals surface area (Å²) in [4.78, 5) is 0. The first-order valence-corrected chi connectivity index (χ1v) is 5.55. The summed E-state index contributed by atoms with van der Waals surface area (Å²) >= 11 is 5.81. The van der Waals surface area contributed by atoms with Gasteiger partial charge in [-0.15, -0.1) is 0 Å². The number of rotatable bonds is 2. The summed E-state index contributed by atoms with van der Waals surface area (Å²) in [6.45, 7) is 2.59. The molecule has 98 valence electrons. The van der Waals surface area contributed by atoms with Crippen molar-refractivity contribution in [2.24, 2.45) is 0 Å². The smallest absolute Gasteiger partial charge is 0.376 e. The van der Waals surface area contributed by atoms with Gasteiger partial charge in [-0.05, 0) is 30.5 Å². The zero-order chi connectivity index (χ0) is 14.1. The standard InChI is InChI=1S/C12H11ClF3NO/c1-3-11(18,12(14,15)16)9-5-4-8(6-17)10(13)7(9)2/h4-5,18H,3H2,1-2H3. The first kappa shape index (κ1) is 14.8. The maximum atomic E-state index is 12.9. The van der Waals surface area contributed by atoms with Crippen LogP contribution in [0.2, 0.25) is 5.02 Å². The Hall–Kier alpha value is -1.25. The Morgan fingerprint density at radius 2 is 1.94 bits per heavy atom. The molecular weight excluding hydrogens is 267 g/mol. The second-order valence-corrected chi connectivity index (χ2v) is 4.30. The molecule has 6 heteroatoms. The van der Waals surface area contributed by atoms with Crippen LogP contribution >= 0.6 is 11.6 Å². The zero-order valence-electron chi connectivity index (χ0n) is 9.77. The second-order valence-electron chi connectivity index (χ2n) is 3.92. The minimum Gasteiger partial charge on any atom is -0.376 e. The molecule has 0 amide bonds. The van der Waals surface area contributed by atoms with Gasteiger partial charge in [-0.1, -0.05) is 24.6 Å². The van der Waals surface area contributed by atoms with Crippen LogP contribution in [0.5, 0.6) is 0 Å². The third kappa shape index (κ3) is 2.18. The van der Waals surface area contributed by atoms with Crippen LogP contribution in [-0.2, 0) is 5.60 Å². The Labute approximate surface area is 108 Å². The third-order valence-electron chi connectivity index (χ3n) is 2.93. The summed E-state index contributed by atoms with van der Waals surface area (Å²) in [5.74, 6) is 0. The lowest BCUT2D eigenvalue weighted by Gasteiger charge is -2.31. The minimum atomic E-state index is -4.80. The average Bonchev–Trinajstić information content (AvgIpc) is 2.30. The number of hydrogen-bond donors (Lipinski definition) is 1. The van der Waals surface area contributed by atoms with E-state index in [1.807, 2.05) is 0 Å². The monoisotopic (exact) mass is 277 g/mol. The Kier molecular flexibility index (Phi) is 3.94. The van der Waals surface area contributed by atoms with E-state index in [2.05, 4.69) is 0 Å². The molecule has 1 N–H and O–H groups in total. The largest absolute Gasteiger partial charge is 0.421 e. The van der Waals surface area contributed by atoms with Crippen molar-refractivity contribution >= 4 is 11.6 Å². The SMILES string of the molecule is CCC(O)(c1ccc(C#N)c(Cl)c1C)C(F)(F)F. The summed E-state index contributed by atoms with van der Waals surface area (Å²) in [7, 11) is 0. The first-order valence-electron chi connectivity index (χ1n) is 5.17. The van der Waals surface area contributed by atoms with Crippen molar-refractivity contribution in [2.75, 3.05) is 0 Å². The van der Waals surface area contributed by atoms with E-state index < -0.39 is 18.2 Å². The quantitative estimate of drug-likeness (QED) is 0.896. The molecule has 0 saturated carbocycles.